The van der Waals surface area contributed by atoms with Gasteiger partial charge in [-0.25, -0.2) is 8.42 Å². The summed E-state index contributed by atoms with van der Waals surface area (Å²) in [5.74, 6) is -0.0942. The number of hydrogen-bond donors (Lipinski definition) is 0. The summed E-state index contributed by atoms with van der Waals surface area (Å²) in [4.78, 5) is 15.4. The Labute approximate surface area is 172 Å². The van der Waals surface area contributed by atoms with Gasteiger partial charge in [0.1, 0.15) is 0 Å². The quantitative estimate of drug-likeness (QED) is 0.643. The first-order valence-corrected chi connectivity index (χ1v) is 11.6. The molecule has 1 aromatic heterocycles. The summed E-state index contributed by atoms with van der Waals surface area (Å²) >= 11 is 4.95. The van der Waals surface area contributed by atoms with Crippen LogP contribution < -0.4 is 0 Å². The molecular formula is C19H21BrN2O3S2. The monoisotopic (exact) mass is 468 g/mol. The van der Waals surface area contributed by atoms with Crippen LogP contribution in [0.5, 0.6) is 0 Å². The third-order valence-corrected chi connectivity index (χ3v) is 8.13. The van der Waals surface area contributed by atoms with Crippen LogP contribution in [0.1, 0.15) is 16.0 Å². The fourth-order valence-corrected chi connectivity index (χ4v) is 6.01. The Morgan fingerprint density at radius 1 is 1.11 bits per heavy atom. The van der Waals surface area contributed by atoms with Gasteiger partial charge in [-0.2, -0.15) is 4.31 Å². The third-order valence-electron chi connectivity index (χ3n) is 4.50. The number of carbonyl (C=O) groups excluding carboxylic acids is 1. The van der Waals surface area contributed by atoms with Crippen LogP contribution in [-0.4, -0.2) is 49.7 Å². The SMILES string of the molecule is Cc1ccc(C)c(S(=O)(=O)N2CCN(C(=O)/C=C/c3ccc(Br)s3)CC2)c1. The van der Waals surface area contributed by atoms with Crippen molar-refractivity contribution in [1.29, 1.82) is 0 Å². The summed E-state index contributed by atoms with van der Waals surface area (Å²) in [5.41, 5.74) is 1.66. The van der Waals surface area contributed by atoms with E-state index in [9.17, 15) is 13.2 Å². The number of sulfonamides is 1. The predicted octanol–water partition coefficient (Wildman–Crippen LogP) is 3.67. The minimum atomic E-state index is -3.54. The third kappa shape index (κ3) is 4.68. The molecule has 8 heteroatoms. The molecule has 0 aliphatic carbocycles. The first kappa shape index (κ1) is 20.3. The lowest BCUT2D eigenvalue weighted by Crippen LogP contribution is -2.50. The summed E-state index contributed by atoms with van der Waals surface area (Å²) in [6.45, 7) is 5.08. The van der Waals surface area contributed by atoms with Crippen molar-refractivity contribution in [3.63, 3.8) is 0 Å². The maximum absolute atomic E-state index is 13.0. The molecule has 27 heavy (non-hydrogen) atoms. The number of nitrogens with zero attached hydrogens (tertiary/aromatic N) is 2. The molecule has 2 aromatic rings. The van der Waals surface area contributed by atoms with Gasteiger partial charge in [0.25, 0.3) is 0 Å². The number of benzene rings is 1. The fourth-order valence-electron chi connectivity index (χ4n) is 2.95. The van der Waals surface area contributed by atoms with Gasteiger partial charge < -0.3 is 4.90 Å². The van der Waals surface area contributed by atoms with E-state index in [4.69, 9.17) is 0 Å². The number of carbonyl (C=O) groups is 1. The second kappa shape index (κ2) is 8.26. The molecule has 1 aromatic carbocycles. The zero-order valence-electron chi connectivity index (χ0n) is 15.2. The first-order chi connectivity index (χ1) is 12.8. The molecule has 1 amide bonds. The lowest BCUT2D eigenvalue weighted by molar-refractivity contribution is -0.127. The summed E-state index contributed by atoms with van der Waals surface area (Å²) in [6, 6.07) is 9.32. The average Bonchev–Trinajstić information content (AvgIpc) is 3.07. The first-order valence-electron chi connectivity index (χ1n) is 8.57. The topological polar surface area (TPSA) is 57.7 Å². The molecule has 0 unspecified atom stereocenters. The van der Waals surface area contributed by atoms with Crippen molar-refractivity contribution in [2.24, 2.45) is 0 Å². The van der Waals surface area contributed by atoms with Gasteiger partial charge in [-0.05, 0) is 65.2 Å². The largest absolute Gasteiger partial charge is 0.337 e. The highest BCUT2D eigenvalue weighted by molar-refractivity contribution is 9.11. The number of aryl methyl sites for hydroxylation is 2. The van der Waals surface area contributed by atoms with E-state index in [0.717, 1.165) is 19.8 Å². The normalized spacial score (nSPS) is 16.2. The van der Waals surface area contributed by atoms with E-state index in [1.165, 1.54) is 4.31 Å². The number of amides is 1. The zero-order valence-corrected chi connectivity index (χ0v) is 18.4. The van der Waals surface area contributed by atoms with Crippen molar-refractivity contribution in [3.8, 4) is 0 Å². The van der Waals surface area contributed by atoms with Crippen molar-refractivity contribution in [2.45, 2.75) is 18.7 Å². The van der Waals surface area contributed by atoms with Crippen molar-refractivity contribution in [3.05, 3.63) is 56.2 Å². The van der Waals surface area contributed by atoms with E-state index in [1.807, 2.05) is 31.2 Å². The second-order valence-corrected chi connectivity index (χ2v) is 10.9. The van der Waals surface area contributed by atoms with E-state index in [1.54, 1.807) is 41.4 Å². The van der Waals surface area contributed by atoms with E-state index in [0.29, 0.717) is 31.1 Å². The highest BCUT2D eigenvalue weighted by atomic mass is 79.9. The zero-order chi connectivity index (χ0) is 19.6. The van der Waals surface area contributed by atoms with Crippen LogP contribution in [0.4, 0.5) is 0 Å². The van der Waals surface area contributed by atoms with E-state index in [-0.39, 0.29) is 5.91 Å². The molecule has 1 aliphatic heterocycles. The van der Waals surface area contributed by atoms with Crippen molar-refractivity contribution < 1.29 is 13.2 Å². The van der Waals surface area contributed by atoms with Crippen LogP contribution in [0.2, 0.25) is 0 Å². The van der Waals surface area contributed by atoms with Gasteiger partial charge >= 0.3 is 0 Å². The molecule has 0 atom stereocenters. The minimum Gasteiger partial charge on any atom is -0.337 e. The van der Waals surface area contributed by atoms with Crippen LogP contribution in [-0.2, 0) is 14.8 Å². The average molecular weight is 469 g/mol. The lowest BCUT2D eigenvalue weighted by Gasteiger charge is -2.33. The number of rotatable bonds is 4. The minimum absolute atomic E-state index is 0.0942. The molecule has 144 valence electrons. The molecule has 2 heterocycles. The molecular weight excluding hydrogens is 448 g/mol. The van der Waals surface area contributed by atoms with Gasteiger partial charge in [-0.15, -0.1) is 11.3 Å². The maximum atomic E-state index is 13.0. The van der Waals surface area contributed by atoms with Gasteiger partial charge in [0.15, 0.2) is 0 Å². The number of halogens is 1. The van der Waals surface area contributed by atoms with Crippen LogP contribution in [0, 0.1) is 13.8 Å². The standard InChI is InChI=1S/C19H21BrN2O3S2/c1-14-3-4-15(2)17(13-14)27(24,25)22-11-9-21(10-12-22)19(23)8-6-16-5-7-18(20)26-16/h3-8,13H,9-12H2,1-2H3/b8-6+. The lowest BCUT2D eigenvalue weighted by atomic mass is 10.2. The molecule has 0 radical (unpaired) electrons. The van der Waals surface area contributed by atoms with E-state index in [2.05, 4.69) is 15.9 Å². The highest BCUT2D eigenvalue weighted by Crippen LogP contribution is 2.24. The van der Waals surface area contributed by atoms with Gasteiger partial charge in [0, 0.05) is 37.1 Å². The van der Waals surface area contributed by atoms with Gasteiger partial charge in [0.2, 0.25) is 15.9 Å². The Morgan fingerprint density at radius 3 is 2.44 bits per heavy atom. The molecule has 0 saturated carbocycles. The summed E-state index contributed by atoms with van der Waals surface area (Å²) in [7, 11) is -3.54. The van der Waals surface area contributed by atoms with Gasteiger partial charge in [-0.3, -0.25) is 4.79 Å². The second-order valence-electron chi connectivity index (χ2n) is 6.47. The molecule has 1 aliphatic rings. The van der Waals surface area contributed by atoms with Crippen molar-refractivity contribution >= 4 is 49.3 Å². The molecule has 0 bridgehead atoms. The summed E-state index contributed by atoms with van der Waals surface area (Å²) in [6.07, 6.45) is 3.34. The number of hydrogen-bond acceptors (Lipinski definition) is 4. The highest BCUT2D eigenvalue weighted by Gasteiger charge is 2.30. The molecule has 3 rings (SSSR count). The Balaban J connectivity index is 1.65. The van der Waals surface area contributed by atoms with Crippen LogP contribution >= 0.6 is 27.3 Å². The van der Waals surface area contributed by atoms with Crippen molar-refractivity contribution in [2.75, 3.05) is 26.2 Å². The molecule has 5 nitrogen and oxygen atoms in total. The summed E-state index contributed by atoms with van der Waals surface area (Å²) in [5, 5.41) is 0. The van der Waals surface area contributed by atoms with Crippen LogP contribution in [0.3, 0.4) is 0 Å². The Bertz CT molecular complexity index is 975. The van der Waals surface area contributed by atoms with E-state index < -0.39 is 10.0 Å². The van der Waals surface area contributed by atoms with Crippen LogP contribution in [0.15, 0.2) is 45.1 Å². The van der Waals surface area contributed by atoms with Gasteiger partial charge in [0.05, 0.1) is 8.68 Å². The Morgan fingerprint density at radius 2 is 1.81 bits per heavy atom. The molecule has 1 fully saturated rings. The van der Waals surface area contributed by atoms with Gasteiger partial charge in [-0.1, -0.05) is 12.1 Å². The maximum Gasteiger partial charge on any atom is 0.246 e. The molecule has 0 spiro atoms. The van der Waals surface area contributed by atoms with Crippen molar-refractivity contribution in [1.82, 2.24) is 9.21 Å². The van der Waals surface area contributed by atoms with E-state index >= 15 is 0 Å². The van der Waals surface area contributed by atoms with Crippen LogP contribution in [0.25, 0.3) is 6.08 Å². The number of piperazine rings is 1. The molecule has 1 saturated heterocycles. The Hall–Kier alpha value is -1.48. The number of thiophene rings is 1. The predicted molar refractivity (Wildman–Crippen MR) is 112 cm³/mol. The summed E-state index contributed by atoms with van der Waals surface area (Å²) < 4.78 is 28.4. The smallest absolute Gasteiger partial charge is 0.246 e. The fraction of sp³-hybridized carbons (Fsp3) is 0.316. The Kier molecular flexibility index (Phi) is 6.20. The molecule has 0 N–H and O–H groups in total.